The summed E-state index contributed by atoms with van der Waals surface area (Å²) in [6, 6.07) is 15.8. The fourth-order valence-electron chi connectivity index (χ4n) is 3.67. The molecule has 2 aliphatic rings. The molecule has 2 aliphatic heterocycles. The van der Waals surface area contributed by atoms with Crippen LogP contribution in [0, 0.1) is 0 Å². The van der Waals surface area contributed by atoms with Crippen LogP contribution in [0.25, 0.3) is 0 Å². The summed E-state index contributed by atoms with van der Waals surface area (Å²) < 4.78 is 50.0. The van der Waals surface area contributed by atoms with Crippen LogP contribution in [0.15, 0.2) is 65.6 Å². The third-order valence-corrected chi connectivity index (χ3v) is 6.82. The van der Waals surface area contributed by atoms with Crippen molar-refractivity contribution < 1.29 is 32.2 Å². The first-order valence-corrected chi connectivity index (χ1v) is 12.1. The Balaban J connectivity index is 1.30. The van der Waals surface area contributed by atoms with Crippen molar-refractivity contribution in [1.82, 2.24) is 5.32 Å². The van der Waals surface area contributed by atoms with Gasteiger partial charge in [0.2, 0.25) is 6.79 Å². The van der Waals surface area contributed by atoms with E-state index in [9.17, 15) is 13.2 Å². The first-order valence-electron chi connectivity index (χ1n) is 10.6. The number of fused-ring (bicyclic) bond motifs is 2. The zero-order valence-electron chi connectivity index (χ0n) is 18.2. The van der Waals surface area contributed by atoms with Gasteiger partial charge in [-0.2, -0.15) is 0 Å². The van der Waals surface area contributed by atoms with E-state index in [1.807, 2.05) is 25.1 Å². The van der Waals surface area contributed by atoms with Gasteiger partial charge >= 0.3 is 0 Å². The molecule has 1 atom stereocenters. The van der Waals surface area contributed by atoms with Gasteiger partial charge in [-0.15, -0.1) is 0 Å². The molecule has 5 rings (SSSR count). The number of nitrogens with one attached hydrogen (secondary N) is 2. The molecule has 0 radical (unpaired) electrons. The maximum atomic E-state index is 12.9. The van der Waals surface area contributed by atoms with Crippen LogP contribution in [-0.2, 0) is 10.0 Å². The maximum absolute atomic E-state index is 12.9. The monoisotopic (exact) mass is 482 g/mol. The molecule has 1 amide bonds. The number of amides is 1. The molecule has 0 saturated carbocycles. The smallest absolute Gasteiger partial charge is 0.261 e. The molecule has 0 aliphatic carbocycles. The van der Waals surface area contributed by atoms with Gasteiger partial charge in [-0.3, -0.25) is 9.52 Å². The first kappa shape index (κ1) is 21.9. The summed E-state index contributed by atoms with van der Waals surface area (Å²) in [6.07, 6.45) is 0. The van der Waals surface area contributed by atoms with Crippen LogP contribution in [0.1, 0.15) is 28.9 Å². The summed E-state index contributed by atoms with van der Waals surface area (Å²) in [5.74, 6) is 1.91. The minimum Gasteiger partial charge on any atom is -0.486 e. The lowest BCUT2D eigenvalue weighted by Gasteiger charge is -2.21. The van der Waals surface area contributed by atoms with E-state index in [0.717, 1.165) is 5.56 Å². The lowest BCUT2D eigenvalue weighted by atomic mass is 10.1. The lowest BCUT2D eigenvalue weighted by molar-refractivity contribution is 0.0939. The molecular weight excluding hydrogens is 460 g/mol. The highest BCUT2D eigenvalue weighted by molar-refractivity contribution is 7.92. The van der Waals surface area contributed by atoms with Gasteiger partial charge in [0.1, 0.15) is 13.2 Å². The normalized spacial score (nSPS) is 14.9. The second-order valence-corrected chi connectivity index (χ2v) is 9.48. The minimum atomic E-state index is -3.93. The van der Waals surface area contributed by atoms with E-state index >= 15 is 0 Å². The van der Waals surface area contributed by atoms with Crippen molar-refractivity contribution in [2.75, 3.05) is 24.7 Å². The summed E-state index contributed by atoms with van der Waals surface area (Å²) in [5, 5.41) is 2.89. The number of carbonyl (C=O) groups excluding carboxylic acids is 1. The molecule has 0 spiro atoms. The Morgan fingerprint density at radius 1 is 0.853 bits per heavy atom. The molecule has 2 heterocycles. The molecule has 0 saturated heterocycles. The van der Waals surface area contributed by atoms with Gasteiger partial charge in [-0.1, -0.05) is 12.1 Å². The van der Waals surface area contributed by atoms with E-state index < -0.39 is 15.9 Å². The quantitative estimate of drug-likeness (QED) is 0.553. The molecule has 2 N–H and O–H groups in total. The lowest BCUT2D eigenvalue weighted by Crippen LogP contribution is -2.27. The zero-order chi connectivity index (χ0) is 23.7. The van der Waals surface area contributed by atoms with Gasteiger partial charge < -0.3 is 24.3 Å². The van der Waals surface area contributed by atoms with Crippen molar-refractivity contribution in [2.45, 2.75) is 17.9 Å². The van der Waals surface area contributed by atoms with Crippen LogP contribution in [0.5, 0.6) is 23.0 Å². The second-order valence-electron chi connectivity index (χ2n) is 7.80. The van der Waals surface area contributed by atoms with Gasteiger partial charge in [0.25, 0.3) is 15.9 Å². The number of ether oxygens (including phenoxy) is 4. The highest BCUT2D eigenvalue weighted by Crippen LogP contribution is 2.35. The first-order chi connectivity index (χ1) is 16.4. The Morgan fingerprint density at radius 2 is 1.56 bits per heavy atom. The van der Waals surface area contributed by atoms with Crippen molar-refractivity contribution >= 4 is 21.6 Å². The number of rotatable bonds is 6. The number of hydrogen-bond donors (Lipinski definition) is 2. The molecule has 10 heteroatoms. The Bertz CT molecular complexity index is 1360. The minimum absolute atomic E-state index is 0.0372. The van der Waals surface area contributed by atoms with Crippen molar-refractivity contribution in [3.8, 4) is 23.0 Å². The van der Waals surface area contributed by atoms with Crippen LogP contribution >= 0.6 is 0 Å². The predicted octanol–water partition coefficient (Wildman–Crippen LogP) is 3.48. The van der Waals surface area contributed by atoms with Gasteiger partial charge in [-0.25, -0.2) is 8.42 Å². The fourth-order valence-corrected chi connectivity index (χ4v) is 4.77. The van der Waals surface area contributed by atoms with E-state index in [-0.39, 0.29) is 23.3 Å². The van der Waals surface area contributed by atoms with Gasteiger partial charge in [0.15, 0.2) is 23.0 Å². The van der Waals surface area contributed by atoms with Crippen molar-refractivity contribution in [1.29, 1.82) is 0 Å². The standard InChI is InChI=1S/C24H22N2O7S/c1-15(16-5-7-20-22(12-16)31-10-9-30-20)25-24(27)17-3-2-4-19(11-17)34(28,29)26-18-6-8-21-23(13-18)33-14-32-21/h2-8,11-13,15,26H,9-10,14H2,1H3,(H,25,27)/t15-/m1/s1. The molecule has 176 valence electrons. The third-order valence-electron chi connectivity index (χ3n) is 5.45. The third kappa shape index (κ3) is 4.44. The molecule has 0 bridgehead atoms. The topological polar surface area (TPSA) is 112 Å². The highest BCUT2D eigenvalue weighted by atomic mass is 32.2. The number of carbonyl (C=O) groups is 1. The fraction of sp³-hybridized carbons (Fsp3) is 0.208. The van der Waals surface area contributed by atoms with Gasteiger partial charge in [-0.05, 0) is 55.0 Å². The largest absolute Gasteiger partial charge is 0.486 e. The van der Waals surface area contributed by atoms with E-state index in [1.54, 1.807) is 24.3 Å². The Labute approximate surface area is 196 Å². The van der Waals surface area contributed by atoms with Gasteiger partial charge in [0, 0.05) is 11.6 Å². The van der Waals surface area contributed by atoms with Crippen molar-refractivity contribution in [2.24, 2.45) is 0 Å². The summed E-state index contributed by atoms with van der Waals surface area (Å²) >= 11 is 0. The molecule has 0 aromatic heterocycles. The summed E-state index contributed by atoms with van der Waals surface area (Å²) in [6.45, 7) is 2.90. The predicted molar refractivity (Wildman–Crippen MR) is 123 cm³/mol. The van der Waals surface area contributed by atoms with Gasteiger partial charge in [0.05, 0.1) is 16.6 Å². The SMILES string of the molecule is C[C@@H](NC(=O)c1cccc(S(=O)(=O)Nc2ccc3c(c2)OCO3)c1)c1ccc2c(c1)OCCO2. The van der Waals surface area contributed by atoms with Crippen molar-refractivity contribution in [3.05, 3.63) is 71.8 Å². The van der Waals surface area contributed by atoms with Crippen LogP contribution in [0.4, 0.5) is 5.69 Å². The van der Waals surface area contributed by atoms with Crippen LogP contribution in [0.3, 0.4) is 0 Å². The number of hydrogen-bond acceptors (Lipinski definition) is 7. The second kappa shape index (κ2) is 8.79. The zero-order valence-corrected chi connectivity index (χ0v) is 19.1. The molecule has 0 unspecified atom stereocenters. The number of sulfonamides is 1. The highest BCUT2D eigenvalue weighted by Gasteiger charge is 2.21. The molecule has 3 aromatic carbocycles. The molecule has 34 heavy (non-hydrogen) atoms. The average molecular weight is 483 g/mol. The Morgan fingerprint density at radius 3 is 2.41 bits per heavy atom. The van der Waals surface area contributed by atoms with E-state index in [0.29, 0.717) is 41.9 Å². The van der Waals surface area contributed by atoms with Crippen LogP contribution in [0.2, 0.25) is 0 Å². The van der Waals surface area contributed by atoms with Crippen LogP contribution < -0.4 is 29.0 Å². The summed E-state index contributed by atoms with van der Waals surface area (Å²) in [7, 11) is -3.93. The maximum Gasteiger partial charge on any atom is 0.261 e. The van der Waals surface area contributed by atoms with E-state index in [2.05, 4.69) is 10.0 Å². The molecule has 9 nitrogen and oxygen atoms in total. The van der Waals surface area contributed by atoms with Crippen molar-refractivity contribution in [3.63, 3.8) is 0 Å². The summed E-state index contributed by atoms with van der Waals surface area (Å²) in [4.78, 5) is 12.8. The van der Waals surface area contributed by atoms with E-state index in [4.69, 9.17) is 18.9 Å². The number of benzene rings is 3. The average Bonchev–Trinajstić information content (AvgIpc) is 3.31. The number of anilines is 1. The Hall–Kier alpha value is -3.92. The molecule has 0 fully saturated rings. The molecular formula is C24H22N2O7S. The summed E-state index contributed by atoms with van der Waals surface area (Å²) in [5.41, 5.74) is 1.38. The Kier molecular flexibility index (Phi) is 5.66. The van der Waals surface area contributed by atoms with E-state index in [1.165, 1.54) is 18.2 Å². The molecule has 3 aromatic rings. The van der Waals surface area contributed by atoms with Crippen LogP contribution in [-0.4, -0.2) is 34.3 Å².